The summed E-state index contributed by atoms with van der Waals surface area (Å²) >= 11 is 0. The summed E-state index contributed by atoms with van der Waals surface area (Å²) in [6.07, 6.45) is 0. The molecule has 140 valence electrons. The molecule has 6 aromatic rings. The molecule has 0 aliphatic rings. The van der Waals surface area contributed by atoms with E-state index in [1.807, 2.05) is 0 Å². The number of rotatable bonds is 2. The van der Waals surface area contributed by atoms with E-state index in [0.717, 1.165) is 0 Å². The lowest BCUT2D eigenvalue weighted by Gasteiger charge is -2.11. The van der Waals surface area contributed by atoms with Crippen LogP contribution in [0.2, 0.25) is 0 Å². The maximum atomic E-state index is 2.34. The van der Waals surface area contributed by atoms with E-state index >= 15 is 0 Å². The minimum atomic E-state index is 1.25. The van der Waals surface area contributed by atoms with Crippen LogP contribution in [0.25, 0.3) is 54.6 Å². The zero-order chi connectivity index (χ0) is 19.9. The molecule has 0 aliphatic carbocycles. The number of benzene rings is 6. The first-order chi connectivity index (χ1) is 14.8. The van der Waals surface area contributed by atoms with E-state index in [9.17, 15) is 0 Å². The van der Waals surface area contributed by atoms with Crippen LogP contribution in [-0.2, 0) is 0 Å². The standard InChI is InChI=1S/C30H20/c1-3-8-24-18-26(15-12-21(24)6-1)27-16-14-23-10-5-11-29(30(23)20-27)28-17-13-22-7-2-4-9-25(22)19-28/h1-20H. The fourth-order valence-electron chi connectivity index (χ4n) is 4.43. The zero-order valence-corrected chi connectivity index (χ0v) is 16.5. The molecular formula is C30H20. The zero-order valence-electron chi connectivity index (χ0n) is 16.5. The number of fused-ring (bicyclic) bond motifs is 3. The second kappa shape index (κ2) is 6.86. The molecule has 0 N–H and O–H groups in total. The SMILES string of the molecule is c1ccc2cc(-c3ccc4cccc(-c5ccc6ccccc6c5)c4c3)ccc2c1. The van der Waals surface area contributed by atoms with Crippen molar-refractivity contribution in [1.29, 1.82) is 0 Å². The quantitative estimate of drug-likeness (QED) is 0.282. The third-order valence-corrected chi connectivity index (χ3v) is 6.03. The van der Waals surface area contributed by atoms with Crippen molar-refractivity contribution < 1.29 is 0 Å². The van der Waals surface area contributed by atoms with Crippen molar-refractivity contribution in [2.45, 2.75) is 0 Å². The summed E-state index contributed by atoms with van der Waals surface area (Å²) in [5.41, 5.74) is 5.04. The van der Waals surface area contributed by atoms with Gasteiger partial charge in [0.15, 0.2) is 0 Å². The summed E-state index contributed by atoms with van der Waals surface area (Å²) in [7, 11) is 0. The summed E-state index contributed by atoms with van der Waals surface area (Å²) in [4.78, 5) is 0. The van der Waals surface area contributed by atoms with E-state index in [1.165, 1.54) is 54.6 Å². The van der Waals surface area contributed by atoms with Gasteiger partial charge < -0.3 is 0 Å². The van der Waals surface area contributed by atoms with Gasteiger partial charge in [-0.15, -0.1) is 0 Å². The summed E-state index contributed by atoms with van der Waals surface area (Å²) in [6.45, 7) is 0. The molecule has 0 nitrogen and oxygen atoms in total. The summed E-state index contributed by atoms with van der Waals surface area (Å²) < 4.78 is 0. The maximum Gasteiger partial charge on any atom is -0.00992 e. The Morgan fingerprint density at radius 2 is 0.800 bits per heavy atom. The molecule has 0 saturated heterocycles. The molecule has 0 atom stereocenters. The van der Waals surface area contributed by atoms with Crippen molar-refractivity contribution >= 4 is 32.3 Å². The third kappa shape index (κ3) is 2.86. The van der Waals surface area contributed by atoms with Gasteiger partial charge in [-0.25, -0.2) is 0 Å². The fourth-order valence-corrected chi connectivity index (χ4v) is 4.43. The Bertz CT molecular complexity index is 1540. The molecule has 0 spiro atoms. The van der Waals surface area contributed by atoms with Crippen LogP contribution in [0.1, 0.15) is 0 Å². The lowest BCUT2D eigenvalue weighted by molar-refractivity contribution is 1.65. The van der Waals surface area contributed by atoms with Crippen molar-refractivity contribution in [3.63, 3.8) is 0 Å². The molecular weight excluding hydrogens is 360 g/mol. The molecule has 0 unspecified atom stereocenters. The number of hydrogen-bond donors (Lipinski definition) is 0. The minimum absolute atomic E-state index is 1.25. The van der Waals surface area contributed by atoms with Gasteiger partial charge in [0.1, 0.15) is 0 Å². The second-order valence-corrected chi connectivity index (χ2v) is 7.87. The highest BCUT2D eigenvalue weighted by Gasteiger charge is 2.07. The smallest absolute Gasteiger partial charge is 0.00992 e. The van der Waals surface area contributed by atoms with Crippen molar-refractivity contribution in [2.24, 2.45) is 0 Å². The van der Waals surface area contributed by atoms with Crippen LogP contribution in [0.3, 0.4) is 0 Å². The molecule has 0 aliphatic heterocycles. The Morgan fingerprint density at radius 3 is 1.50 bits per heavy atom. The first kappa shape index (κ1) is 17.0. The topological polar surface area (TPSA) is 0 Å². The Morgan fingerprint density at radius 1 is 0.300 bits per heavy atom. The summed E-state index contributed by atoms with van der Waals surface area (Å²) in [5.74, 6) is 0. The van der Waals surface area contributed by atoms with E-state index in [4.69, 9.17) is 0 Å². The Labute approximate surface area is 176 Å². The Hall–Kier alpha value is -3.90. The van der Waals surface area contributed by atoms with Gasteiger partial charge in [-0.2, -0.15) is 0 Å². The van der Waals surface area contributed by atoms with Crippen LogP contribution in [0.4, 0.5) is 0 Å². The molecule has 0 aromatic heterocycles. The molecule has 0 heteroatoms. The molecule has 6 aromatic carbocycles. The Kier molecular flexibility index (Phi) is 3.89. The summed E-state index contributed by atoms with van der Waals surface area (Å²) in [6, 6.07) is 44.0. The maximum absolute atomic E-state index is 2.34. The highest BCUT2D eigenvalue weighted by Crippen LogP contribution is 2.34. The van der Waals surface area contributed by atoms with Gasteiger partial charge in [0.25, 0.3) is 0 Å². The molecule has 0 bridgehead atoms. The highest BCUT2D eigenvalue weighted by atomic mass is 14.1. The van der Waals surface area contributed by atoms with Crippen LogP contribution in [0.15, 0.2) is 121 Å². The average molecular weight is 380 g/mol. The van der Waals surface area contributed by atoms with Gasteiger partial charge in [0, 0.05) is 0 Å². The van der Waals surface area contributed by atoms with Gasteiger partial charge >= 0.3 is 0 Å². The first-order valence-corrected chi connectivity index (χ1v) is 10.4. The molecule has 30 heavy (non-hydrogen) atoms. The normalized spacial score (nSPS) is 11.3. The van der Waals surface area contributed by atoms with Crippen LogP contribution in [-0.4, -0.2) is 0 Å². The van der Waals surface area contributed by atoms with E-state index in [1.54, 1.807) is 0 Å². The van der Waals surface area contributed by atoms with Crippen LogP contribution >= 0.6 is 0 Å². The molecule has 0 amide bonds. The van der Waals surface area contributed by atoms with Crippen molar-refractivity contribution in [1.82, 2.24) is 0 Å². The van der Waals surface area contributed by atoms with Crippen molar-refractivity contribution in [3.8, 4) is 22.3 Å². The van der Waals surface area contributed by atoms with Crippen LogP contribution in [0.5, 0.6) is 0 Å². The van der Waals surface area contributed by atoms with Gasteiger partial charge in [-0.05, 0) is 72.8 Å². The number of hydrogen-bond acceptors (Lipinski definition) is 0. The molecule has 0 fully saturated rings. The predicted molar refractivity (Wildman–Crippen MR) is 130 cm³/mol. The van der Waals surface area contributed by atoms with E-state index < -0.39 is 0 Å². The lowest BCUT2D eigenvalue weighted by Crippen LogP contribution is -1.85. The van der Waals surface area contributed by atoms with Crippen LogP contribution < -0.4 is 0 Å². The van der Waals surface area contributed by atoms with Crippen molar-refractivity contribution in [3.05, 3.63) is 121 Å². The second-order valence-electron chi connectivity index (χ2n) is 7.87. The van der Waals surface area contributed by atoms with Crippen LogP contribution in [0, 0.1) is 0 Å². The molecule has 0 saturated carbocycles. The highest BCUT2D eigenvalue weighted by molar-refractivity contribution is 6.01. The van der Waals surface area contributed by atoms with Gasteiger partial charge in [-0.1, -0.05) is 103 Å². The van der Waals surface area contributed by atoms with E-state index in [2.05, 4.69) is 121 Å². The first-order valence-electron chi connectivity index (χ1n) is 10.4. The molecule has 0 radical (unpaired) electrons. The Balaban J connectivity index is 1.54. The predicted octanol–water partition coefficient (Wildman–Crippen LogP) is 8.48. The third-order valence-electron chi connectivity index (χ3n) is 6.03. The van der Waals surface area contributed by atoms with Crippen molar-refractivity contribution in [2.75, 3.05) is 0 Å². The van der Waals surface area contributed by atoms with Gasteiger partial charge in [0.2, 0.25) is 0 Å². The minimum Gasteiger partial charge on any atom is -0.0616 e. The lowest BCUT2D eigenvalue weighted by atomic mass is 9.93. The molecule has 0 heterocycles. The molecule has 6 rings (SSSR count). The van der Waals surface area contributed by atoms with E-state index in [0.29, 0.717) is 0 Å². The monoisotopic (exact) mass is 380 g/mol. The van der Waals surface area contributed by atoms with Gasteiger partial charge in [0.05, 0.1) is 0 Å². The average Bonchev–Trinajstić information content (AvgIpc) is 2.82. The largest absolute Gasteiger partial charge is 0.0616 e. The summed E-state index contributed by atoms with van der Waals surface area (Å²) in [5, 5.41) is 7.66. The van der Waals surface area contributed by atoms with Gasteiger partial charge in [-0.3, -0.25) is 0 Å². The van der Waals surface area contributed by atoms with E-state index in [-0.39, 0.29) is 0 Å². The fraction of sp³-hybridized carbons (Fsp3) is 0.